The number of carbonyl (C=O) groups excluding carboxylic acids is 2. The lowest BCUT2D eigenvalue weighted by Crippen LogP contribution is -2.22. The Kier molecular flexibility index (Phi) is 3.08. The fourth-order valence-electron chi connectivity index (χ4n) is 1.98. The average Bonchev–Trinajstić information content (AvgIpc) is 2.47. The number of aromatic nitrogens is 1. The van der Waals surface area contributed by atoms with E-state index < -0.39 is 0 Å². The molecule has 1 aliphatic rings. The Bertz CT molecular complexity index is 736. The highest BCUT2D eigenvalue weighted by Crippen LogP contribution is 2.22. The molecule has 1 aliphatic carbocycles. The van der Waals surface area contributed by atoms with Crippen molar-refractivity contribution in [3.05, 3.63) is 70.6 Å². The van der Waals surface area contributed by atoms with Gasteiger partial charge in [-0.15, -0.1) is 0 Å². The molecule has 2 aromatic rings. The van der Waals surface area contributed by atoms with Gasteiger partial charge in [-0.25, -0.2) is 0 Å². The van der Waals surface area contributed by atoms with Gasteiger partial charge in [-0.05, 0) is 36.4 Å². The number of rotatable bonds is 2. The van der Waals surface area contributed by atoms with Crippen LogP contribution in [0.2, 0.25) is 5.02 Å². The molecule has 0 radical (unpaired) electrons. The molecule has 0 fully saturated rings. The van der Waals surface area contributed by atoms with E-state index in [9.17, 15) is 9.59 Å². The maximum absolute atomic E-state index is 12.3. The molecule has 0 aliphatic heterocycles. The molecule has 0 atom stereocenters. The molecule has 0 unspecified atom stereocenters. The van der Waals surface area contributed by atoms with Crippen LogP contribution in [-0.2, 0) is 0 Å². The minimum Gasteiger partial charge on any atom is -0.352 e. The summed E-state index contributed by atoms with van der Waals surface area (Å²) in [5.41, 5.74) is 1.43. The van der Waals surface area contributed by atoms with Gasteiger partial charge in [0.15, 0.2) is 0 Å². The maximum Gasteiger partial charge on any atom is 0.211 e. The molecule has 0 spiro atoms. The molecule has 4 nitrogen and oxygen atoms in total. The number of nitrogens with one attached hydrogen (secondary N) is 1. The highest BCUT2D eigenvalue weighted by atomic mass is 35.5. The Labute approximate surface area is 120 Å². The monoisotopic (exact) mass is 284 g/mol. The number of fused-ring (bicyclic) bond motifs is 1. The van der Waals surface area contributed by atoms with Crippen molar-refractivity contribution >= 4 is 28.9 Å². The van der Waals surface area contributed by atoms with E-state index in [1.807, 2.05) is 0 Å². The molecule has 1 heterocycles. The highest BCUT2D eigenvalue weighted by Gasteiger charge is 2.26. The second-order valence-electron chi connectivity index (χ2n) is 4.28. The summed E-state index contributed by atoms with van der Waals surface area (Å²) in [6, 6.07) is 10.1. The van der Waals surface area contributed by atoms with E-state index in [0.717, 1.165) is 0 Å². The van der Waals surface area contributed by atoms with E-state index in [0.29, 0.717) is 16.3 Å². The molecular formula is C15H9ClN2O2. The van der Waals surface area contributed by atoms with E-state index in [1.54, 1.807) is 36.4 Å². The molecule has 98 valence electrons. The van der Waals surface area contributed by atoms with Crippen molar-refractivity contribution in [2.45, 2.75) is 0 Å². The Morgan fingerprint density at radius 3 is 2.55 bits per heavy atom. The van der Waals surface area contributed by atoms with Crippen molar-refractivity contribution in [2.75, 3.05) is 5.32 Å². The molecule has 0 saturated carbocycles. The van der Waals surface area contributed by atoms with Gasteiger partial charge < -0.3 is 5.32 Å². The fourth-order valence-corrected chi connectivity index (χ4v) is 2.10. The van der Waals surface area contributed by atoms with Crippen molar-refractivity contribution in [3.8, 4) is 0 Å². The minimum atomic E-state index is -0.281. The quantitative estimate of drug-likeness (QED) is 0.920. The normalized spacial score (nSPS) is 13.8. The fraction of sp³-hybridized carbons (Fsp3) is 0. The summed E-state index contributed by atoms with van der Waals surface area (Å²) in [4.78, 5) is 28.2. The number of halogens is 1. The second kappa shape index (κ2) is 4.90. The van der Waals surface area contributed by atoms with Crippen LogP contribution in [-0.4, -0.2) is 16.6 Å². The summed E-state index contributed by atoms with van der Waals surface area (Å²) < 4.78 is 0. The molecule has 5 heteroatoms. The zero-order valence-corrected chi connectivity index (χ0v) is 11.0. The number of ketones is 2. The van der Waals surface area contributed by atoms with Crippen molar-refractivity contribution in [2.24, 2.45) is 0 Å². The molecule has 0 saturated heterocycles. The van der Waals surface area contributed by atoms with Gasteiger partial charge in [0.25, 0.3) is 0 Å². The first-order valence-electron chi connectivity index (χ1n) is 5.93. The van der Waals surface area contributed by atoms with Crippen molar-refractivity contribution in [1.29, 1.82) is 0 Å². The number of allylic oxidation sites excluding steroid dienone is 2. The van der Waals surface area contributed by atoms with Crippen LogP contribution in [0.25, 0.3) is 0 Å². The number of carbonyl (C=O) groups is 2. The van der Waals surface area contributed by atoms with Gasteiger partial charge >= 0.3 is 0 Å². The zero-order valence-electron chi connectivity index (χ0n) is 10.3. The zero-order chi connectivity index (χ0) is 14.1. The van der Waals surface area contributed by atoms with Crippen LogP contribution in [0.5, 0.6) is 0 Å². The molecule has 0 amide bonds. The third kappa shape index (κ3) is 2.21. The summed E-state index contributed by atoms with van der Waals surface area (Å²) in [5, 5.41) is 3.54. The van der Waals surface area contributed by atoms with Gasteiger partial charge in [-0.3, -0.25) is 14.6 Å². The second-order valence-corrected chi connectivity index (χ2v) is 4.72. The Morgan fingerprint density at radius 1 is 1.05 bits per heavy atom. The first-order valence-corrected chi connectivity index (χ1v) is 6.31. The maximum atomic E-state index is 12.3. The third-order valence-corrected chi connectivity index (χ3v) is 3.18. The molecule has 3 rings (SSSR count). The van der Waals surface area contributed by atoms with Gasteiger partial charge in [0.05, 0.1) is 11.3 Å². The van der Waals surface area contributed by atoms with Gasteiger partial charge in [0.1, 0.15) is 5.69 Å². The Hall–Kier alpha value is -2.46. The standard InChI is InChI=1S/C15H9ClN2O2/c16-9-3-5-10(6-4-9)18-12-8-13(19)14-11(15(12)20)2-1-7-17-14/h1-8,18H. The lowest BCUT2D eigenvalue weighted by molar-refractivity contribution is 0.0982. The van der Waals surface area contributed by atoms with E-state index >= 15 is 0 Å². The number of pyridine rings is 1. The van der Waals surface area contributed by atoms with Gasteiger partial charge in [-0.2, -0.15) is 0 Å². The van der Waals surface area contributed by atoms with E-state index in [1.165, 1.54) is 12.3 Å². The summed E-state index contributed by atoms with van der Waals surface area (Å²) in [6.45, 7) is 0. The Morgan fingerprint density at radius 2 is 1.80 bits per heavy atom. The molecule has 0 bridgehead atoms. The van der Waals surface area contributed by atoms with Gasteiger partial charge in [0.2, 0.25) is 11.6 Å². The van der Waals surface area contributed by atoms with Crippen LogP contribution >= 0.6 is 11.6 Å². The van der Waals surface area contributed by atoms with E-state index in [-0.39, 0.29) is 23.0 Å². The molecular weight excluding hydrogens is 276 g/mol. The molecule has 20 heavy (non-hydrogen) atoms. The lowest BCUT2D eigenvalue weighted by atomic mass is 9.97. The summed E-state index contributed by atoms with van der Waals surface area (Å²) in [5.74, 6) is -0.528. The summed E-state index contributed by atoms with van der Waals surface area (Å²) >= 11 is 5.80. The van der Waals surface area contributed by atoms with Crippen molar-refractivity contribution in [3.63, 3.8) is 0 Å². The van der Waals surface area contributed by atoms with Gasteiger partial charge in [0, 0.05) is 23.0 Å². The molecule has 1 N–H and O–H groups in total. The number of Topliss-reactive ketones (excluding diaryl/α,β-unsaturated/α-hetero) is 1. The van der Waals surface area contributed by atoms with E-state index in [4.69, 9.17) is 11.6 Å². The summed E-state index contributed by atoms with van der Waals surface area (Å²) in [6.07, 6.45) is 2.77. The number of hydrogen-bond acceptors (Lipinski definition) is 4. The number of hydrogen-bond donors (Lipinski definition) is 1. The van der Waals surface area contributed by atoms with Crippen molar-refractivity contribution < 1.29 is 9.59 Å². The van der Waals surface area contributed by atoms with Crippen LogP contribution in [0.4, 0.5) is 5.69 Å². The number of nitrogens with zero attached hydrogens (tertiary/aromatic N) is 1. The van der Waals surface area contributed by atoms with Crippen LogP contribution < -0.4 is 5.32 Å². The SMILES string of the molecule is O=C1C(Nc2ccc(Cl)cc2)=CC(=O)c2ncccc21. The highest BCUT2D eigenvalue weighted by molar-refractivity contribution is 6.30. The first-order chi connectivity index (χ1) is 9.65. The predicted octanol–water partition coefficient (Wildman–Crippen LogP) is 3.11. The first kappa shape index (κ1) is 12.6. The van der Waals surface area contributed by atoms with Crippen LogP contribution in [0.15, 0.2) is 54.4 Å². The number of anilines is 1. The van der Waals surface area contributed by atoms with Crippen LogP contribution in [0.3, 0.4) is 0 Å². The topological polar surface area (TPSA) is 59.1 Å². The van der Waals surface area contributed by atoms with Crippen molar-refractivity contribution in [1.82, 2.24) is 4.98 Å². The predicted molar refractivity (Wildman–Crippen MR) is 76.1 cm³/mol. The smallest absolute Gasteiger partial charge is 0.211 e. The molecule has 1 aromatic carbocycles. The number of benzene rings is 1. The van der Waals surface area contributed by atoms with E-state index in [2.05, 4.69) is 10.3 Å². The largest absolute Gasteiger partial charge is 0.352 e. The third-order valence-electron chi connectivity index (χ3n) is 2.93. The lowest BCUT2D eigenvalue weighted by Gasteiger charge is -2.15. The Balaban J connectivity index is 1.94. The van der Waals surface area contributed by atoms with Crippen LogP contribution in [0, 0.1) is 0 Å². The average molecular weight is 285 g/mol. The van der Waals surface area contributed by atoms with Gasteiger partial charge in [-0.1, -0.05) is 11.6 Å². The van der Waals surface area contributed by atoms with Crippen LogP contribution in [0.1, 0.15) is 20.8 Å². The minimum absolute atomic E-state index is 0.194. The molecule has 1 aromatic heterocycles. The summed E-state index contributed by atoms with van der Waals surface area (Å²) in [7, 11) is 0.